The minimum absolute atomic E-state index is 0.0505. The average Bonchev–Trinajstić information content (AvgIpc) is 2.80. The number of fused-ring (bicyclic) bond motifs is 2. The highest BCUT2D eigenvalue weighted by molar-refractivity contribution is 5.99. The Morgan fingerprint density at radius 2 is 1.95 bits per heavy atom. The molecule has 3 heteroatoms. The summed E-state index contributed by atoms with van der Waals surface area (Å²) in [7, 11) is 1.86. The molecule has 2 N–H and O–H groups in total. The number of hydrogen-bond donors (Lipinski definition) is 2. The molecule has 1 aromatic carbocycles. The van der Waals surface area contributed by atoms with Crippen LogP contribution < -0.4 is 10.6 Å². The van der Waals surface area contributed by atoms with Crippen LogP contribution in [0.1, 0.15) is 50.4 Å². The van der Waals surface area contributed by atoms with Gasteiger partial charge in [0.1, 0.15) is 0 Å². The summed E-state index contributed by atoms with van der Waals surface area (Å²) in [5, 5.41) is 6.42. The van der Waals surface area contributed by atoms with Crippen molar-refractivity contribution in [1.82, 2.24) is 5.32 Å². The third-order valence-corrected chi connectivity index (χ3v) is 6.54. The van der Waals surface area contributed by atoms with E-state index < -0.39 is 0 Å². The molecule has 0 aromatic heterocycles. The van der Waals surface area contributed by atoms with Gasteiger partial charge >= 0.3 is 0 Å². The van der Waals surface area contributed by atoms with E-state index in [1.165, 1.54) is 12.8 Å². The first kappa shape index (κ1) is 14.4. The van der Waals surface area contributed by atoms with Crippen molar-refractivity contribution in [2.75, 3.05) is 12.4 Å². The van der Waals surface area contributed by atoms with Crippen LogP contribution in [0.3, 0.4) is 0 Å². The number of nitrogens with one attached hydrogen (secondary N) is 2. The number of carbonyl (C=O) groups is 1. The van der Waals surface area contributed by atoms with Crippen molar-refractivity contribution in [2.45, 2.75) is 46.1 Å². The quantitative estimate of drug-likeness (QED) is 0.890. The van der Waals surface area contributed by atoms with Gasteiger partial charge in [-0.1, -0.05) is 32.9 Å². The van der Waals surface area contributed by atoms with E-state index in [4.69, 9.17) is 0 Å². The van der Waals surface area contributed by atoms with Crippen LogP contribution in [0.2, 0.25) is 0 Å². The molecule has 2 bridgehead atoms. The minimum Gasteiger partial charge on any atom is -0.387 e. The van der Waals surface area contributed by atoms with Crippen molar-refractivity contribution < 1.29 is 4.79 Å². The molecule has 0 aliphatic heterocycles. The van der Waals surface area contributed by atoms with Gasteiger partial charge in [-0.15, -0.1) is 0 Å². The topological polar surface area (TPSA) is 41.1 Å². The van der Waals surface area contributed by atoms with Crippen molar-refractivity contribution in [3.05, 3.63) is 29.8 Å². The fourth-order valence-corrected chi connectivity index (χ4v) is 4.56. The number of amides is 1. The highest BCUT2D eigenvalue weighted by Gasteiger charge is 2.61. The lowest BCUT2D eigenvalue weighted by Crippen LogP contribution is -2.47. The molecule has 3 atom stereocenters. The molecule has 2 aliphatic carbocycles. The molecule has 2 aliphatic rings. The first-order chi connectivity index (χ1) is 9.90. The molecule has 114 valence electrons. The Morgan fingerprint density at radius 3 is 2.52 bits per heavy atom. The lowest BCUT2D eigenvalue weighted by Gasteiger charge is -2.39. The van der Waals surface area contributed by atoms with Gasteiger partial charge in [0.2, 0.25) is 0 Å². The van der Waals surface area contributed by atoms with Crippen LogP contribution in [-0.2, 0) is 0 Å². The first-order valence-electron chi connectivity index (χ1n) is 7.98. The molecule has 21 heavy (non-hydrogen) atoms. The Hall–Kier alpha value is -1.51. The third kappa shape index (κ3) is 1.97. The second-order valence-corrected chi connectivity index (χ2v) is 7.43. The van der Waals surface area contributed by atoms with Crippen molar-refractivity contribution in [3.8, 4) is 0 Å². The van der Waals surface area contributed by atoms with Crippen LogP contribution in [0.25, 0.3) is 0 Å². The predicted molar refractivity (Wildman–Crippen MR) is 86.5 cm³/mol. The van der Waals surface area contributed by atoms with Crippen LogP contribution in [0.4, 0.5) is 5.69 Å². The minimum atomic E-state index is 0.0505. The molecule has 3 rings (SSSR count). The van der Waals surface area contributed by atoms with E-state index in [1.807, 2.05) is 31.3 Å². The van der Waals surface area contributed by atoms with Gasteiger partial charge < -0.3 is 10.6 Å². The third-order valence-electron chi connectivity index (χ3n) is 6.54. The molecule has 0 saturated heterocycles. The van der Waals surface area contributed by atoms with Crippen molar-refractivity contribution in [3.63, 3.8) is 0 Å². The van der Waals surface area contributed by atoms with E-state index in [0.717, 1.165) is 23.6 Å². The summed E-state index contributed by atoms with van der Waals surface area (Å²) in [5.74, 6) is 0.793. The van der Waals surface area contributed by atoms with E-state index in [0.29, 0.717) is 11.5 Å². The molecule has 3 nitrogen and oxygen atoms in total. The highest BCUT2D eigenvalue weighted by atomic mass is 16.1. The Kier molecular flexibility index (Phi) is 3.27. The highest BCUT2D eigenvalue weighted by Crippen LogP contribution is 2.65. The Balaban J connectivity index is 1.81. The smallest absolute Gasteiger partial charge is 0.253 e. The molecular weight excluding hydrogens is 260 g/mol. The summed E-state index contributed by atoms with van der Waals surface area (Å²) in [6.07, 6.45) is 3.66. The number of para-hydroxylation sites is 1. The van der Waals surface area contributed by atoms with E-state index in [-0.39, 0.29) is 11.3 Å². The predicted octanol–water partition coefficient (Wildman–Crippen LogP) is 3.67. The zero-order valence-corrected chi connectivity index (χ0v) is 13.5. The fraction of sp³-hybridized carbons (Fsp3) is 0.611. The summed E-state index contributed by atoms with van der Waals surface area (Å²) in [6.45, 7) is 7.10. The summed E-state index contributed by atoms with van der Waals surface area (Å²) in [5.41, 5.74) is 2.18. The molecule has 0 radical (unpaired) electrons. The number of anilines is 1. The summed E-state index contributed by atoms with van der Waals surface area (Å²) in [4.78, 5) is 12.7. The van der Waals surface area contributed by atoms with Gasteiger partial charge in [0.25, 0.3) is 5.91 Å². The Labute approximate surface area is 127 Å². The van der Waals surface area contributed by atoms with E-state index in [9.17, 15) is 4.79 Å². The molecule has 1 amide bonds. The summed E-state index contributed by atoms with van der Waals surface area (Å²) < 4.78 is 0. The maximum Gasteiger partial charge on any atom is 0.253 e. The largest absolute Gasteiger partial charge is 0.387 e. The van der Waals surface area contributed by atoms with Crippen molar-refractivity contribution >= 4 is 11.6 Å². The van der Waals surface area contributed by atoms with Gasteiger partial charge in [-0.3, -0.25) is 4.79 Å². The van der Waals surface area contributed by atoms with Gasteiger partial charge in [-0.2, -0.15) is 0 Å². The molecule has 1 aromatic rings. The van der Waals surface area contributed by atoms with Gasteiger partial charge in [0, 0.05) is 18.8 Å². The van der Waals surface area contributed by atoms with Gasteiger partial charge in [0.15, 0.2) is 0 Å². The molecular formula is C18H26N2O. The molecule has 2 fully saturated rings. The average molecular weight is 286 g/mol. The maximum absolute atomic E-state index is 12.7. The van der Waals surface area contributed by atoms with Crippen LogP contribution >= 0.6 is 0 Å². The normalized spacial score (nSPS) is 33.0. The molecule has 0 heterocycles. The van der Waals surface area contributed by atoms with E-state index in [1.54, 1.807) is 0 Å². The zero-order chi connectivity index (χ0) is 15.3. The number of rotatable bonds is 3. The summed E-state index contributed by atoms with van der Waals surface area (Å²) >= 11 is 0. The SMILES string of the molecule is CNc1ccccc1C(=O)NC1CC2CCC1(C)C2(C)C. The molecule has 3 unspecified atom stereocenters. The van der Waals surface area contributed by atoms with Crippen molar-refractivity contribution in [1.29, 1.82) is 0 Å². The van der Waals surface area contributed by atoms with Gasteiger partial charge in [-0.25, -0.2) is 0 Å². The lowest BCUT2D eigenvalue weighted by molar-refractivity contribution is 0.0827. The Morgan fingerprint density at radius 1 is 1.24 bits per heavy atom. The maximum atomic E-state index is 12.7. The second-order valence-electron chi connectivity index (χ2n) is 7.43. The lowest BCUT2D eigenvalue weighted by atomic mass is 9.69. The monoisotopic (exact) mass is 286 g/mol. The Bertz CT molecular complexity index is 566. The van der Waals surface area contributed by atoms with E-state index >= 15 is 0 Å². The van der Waals surface area contributed by atoms with Gasteiger partial charge in [-0.05, 0) is 48.1 Å². The van der Waals surface area contributed by atoms with Gasteiger partial charge in [0.05, 0.1) is 5.56 Å². The standard InChI is InChI=1S/C18H26N2O/c1-17(2)12-9-10-18(17,3)15(11-12)20-16(21)13-7-5-6-8-14(13)19-4/h5-8,12,15,19H,9-11H2,1-4H3,(H,20,21). The number of hydrogen-bond acceptors (Lipinski definition) is 2. The summed E-state index contributed by atoms with van der Waals surface area (Å²) in [6, 6.07) is 8.00. The number of carbonyl (C=O) groups excluding carboxylic acids is 1. The van der Waals surface area contributed by atoms with Crippen LogP contribution in [0, 0.1) is 16.7 Å². The van der Waals surface area contributed by atoms with E-state index in [2.05, 4.69) is 31.4 Å². The van der Waals surface area contributed by atoms with Crippen LogP contribution in [0.15, 0.2) is 24.3 Å². The second kappa shape index (κ2) is 4.75. The van der Waals surface area contributed by atoms with Crippen LogP contribution in [-0.4, -0.2) is 19.0 Å². The first-order valence-corrected chi connectivity index (χ1v) is 7.98. The fourth-order valence-electron chi connectivity index (χ4n) is 4.56. The number of benzene rings is 1. The zero-order valence-electron chi connectivity index (χ0n) is 13.5. The van der Waals surface area contributed by atoms with Crippen LogP contribution in [0.5, 0.6) is 0 Å². The molecule has 0 spiro atoms. The molecule has 2 saturated carbocycles. The van der Waals surface area contributed by atoms with Crippen molar-refractivity contribution in [2.24, 2.45) is 16.7 Å².